The Balaban J connectivity index is 1.38. The average molecular weight is 334 g/mol. The first-order valence-corrected chi connectivity index (χ1v) is 9.17. The first-order valence-electron chi connectivity index (χ1n) is 9.17. The maximum absolute atomic E-state index is 6.09. The van der Waals surface area contributed by atoms with E-state index in [1.165, 1.54) is 31.2 Å². The molecule has 5 nitrogen and oxygen atoms in total. The van der Waals surface area contributed by atoms with Crippen molar-refractivity contribution in [3.63, 3.8) is 0 Å². The summed E-state index contributed by atoms with van der Waals surface area (Å²) in [7, 11) is 0. The number of hydrogen-bond acceptors (Lipinski definition) is 4. The zero-order valence-corrected chi connectivity index (χ0v) is 14.1. The molecular weight excluding hydrogens is 312 g/mol. The predicted molar refractivity (Wildman–Crippen MR) is 96.4 cm³/mol. The van der Waals surface area contributed by atoms with Crippen LogP contribution in [0.25, 0.3) is 16.7 Å². The molecule has 5 heteroatoms. The monoisotopic (exact) mass is 334 g/mol. The van der Waals surface area contributed by atoms with Crippen LogP contribution in [0.2, 0.25) is 0 Å². The molecule has 2 heterocycles. The molecule has 1 saturated heterocycles. The second-order valence-corrected chi connectivity index (χ2v) is 7.11. The van der Waals surface area contributed by atoms with Crippen LogP contribution in [-0.4, -0.2) is 27.6 Å². The lowest BCUT2D eigenvalue weighted by atomic mass is 9.84. The van der Waals surface area contributed by atoms with Crippen LogP contribution in [0.1, 0.15) is 37.5 Å². The average Bonchev–Trinajstić information content (AvgIpc) is 3.12. The van der Waals surface area contributed by atoms with Crippen molar-refractivity contribution in [2.75, 3.05) is 6.61 Å². The summed E-state index contributed by atoms with van der Waals surface area (Å²) < 4.78 is 7.97. The van der Waals surface area contributed by atoms with Crippen molar-refractivity contribution >= 4 is 11.0 Å². The van der Waals surface area contributed by atoms with Gasteiger partial charge >= 0.3 is 0 Å². The summed E-state index contributed by atoms with van der Waals surface area (Å²) in [5.74, 6) is 0.686. The van der Waals surface area contributed by atoms with Crippen LogP contribution in [0.5, 0.6) is 0 Å². The molecule has 1 aromatic heterocycles. The van der Waals surface area contributed by atoms with Crippen LogP contribution in [0.3, 0.4) is 0 Å². The Morgan fingerprint density at radius 3 is 2.76 bits per heavy atom. The van der Waals surface area contributed by atoms with Gasteiger partial charge in [-0.25, -0.2) is 4.68 Å². The second-order valence-electron chi connectivity index (χ2n) is 7.11. The Labute approximate surface area is 147 Å². The number of rotatable bonds is 2. The third kappa shape index (κ3) is 2.73. The second kappa shape index (κ2) is 6.24. The standard InChI is InChI=1S/C20H22N4O/c1-2-6-17-15(5-1)13-25-20(21-17)14-9-11-16(12-10-14)24-19-8-4-3-7-18(19)22-23-24/h3-4,7-12,15,17,20-21H,1-2,5-6,13H2/t15-,17+,20+/m0/s1. The highest BCUT2D eigenvalue weighted by molar-refractivity contribution is 5.75. The molecule has 2 fully saturated rings. The summed E-state index contributed by atoms with van der Waals surface area (Å²) in [5, 5.41) is 12.2. The zero-order valence-electron chi connectivity index (χ0n) is 14.1. The SMILES string of the molecule is c1ccc2c(c1)nnn2-c1ccc([C@@H]2N[C@@H]3CCCC[C@H]3CO2)cc1. The number of fused-ring (bicyclic) bond motifs is 2. The van der Waals surface area contributed by atoms with Crippen molar-refractivity contribution < 1.29 is 4.74 Å². The molecule has 5 rings (SSSR count). The number of para-hydroxylation sites is 1. The van der Waals surface area contributed by atoms with Gasteiger partial charge in [0.15, 0.2) is 0 Å². The van der Waals surface area contributed by atoms with Crippen LogP contribution < -0.4 is 5.32 Å². The quantitative estimate of drug-likeness (QED) is 0.778. The number of benzene rings is 2. The van der Waals surface area contributed by atoms with Gasteiger partial charge in [-0.3, -0.25) is 5.32 Å². The third-order valence-electron chi connectivity index (χ3n) is 5.54. The number of hydrogen-bond donors (Lipinski definition) is 1. The highest BCUT2D eigenvalue weighted by atomic mass is 16.5. The Bertz CT molecular complexity index is 873. The van der Waals surface area contributed by atoms with Crippen molar-refractivity contribution in [3.8, 4) is 5.69 Å². The van der Waals surface area contributed by atoms with Crippen molar-refractivity contribution in [2.24, 2.45) is 5.92 Å². The lowest BCUT2D eigenvalue weighted by Crippen LogP contribution is -2.48. The van der Waals surface area contributed by atoms with E-state index >= 15 is 0 Å². The van der Waals surface area contributed by atoms with Crippen LogP contribution in [0.4, 0.5) is 0 Å². The molecule has 3 aromatic rings. The number of nitrogens with one attached hydrogen (secondary N) is 1. The smallest absolute Gasteiger partial charge is 0.134 e. The molecule has 0 radical (unpaired) electrons. The van der Waals surface area contributed by atoms with E-state index in [4.69, 9.17) is 4.74 Å². The summed E-state index contributed by atoms with van der Waals surface area (Å²) >= 11 is 0. The maximum atomic E-state index is 6.09. The van der Waals surface area contributed by atoms with E-state index in [0.717, 1.165) is 23.3 Å². The summed E-state index contributed by atoms with van der Waals surface area (Å²) in [4.78, 5) is 0. The highest BCUT2D eigenvalue weighted by Crippen LogP contribution is 2.32. The van der Waals surface area contributed by atoms with Crippen molar-refractivity contribution in [1.29, 1.82) is 0 Å². The van der Waals surface area contributed by atoms with Gasteiger partial charge in [-0.1, -0.05) is 42.3 Å². The molecule has 128 valence electrons. The Hall–Kier alpha value is -2.24. The summed E-state index contributed by atoms with van der Waals surface area (Å²) in [6.07, 6.45) is 5.24. The maximum Gasteiger partial charge on any atom is 0.134 e. The first kappa shape index (κ1) is 15.0. The minimum Gasteiger partial charge on any atom is -0.359 e. The normalized spacial score (nSPS) is 26.5. The molecule has 3 atom stereocenters. The van der Waals surface area contributed by atoms with E-state index in [-0.39, 0.29) is 6.23 Å². The van der Waals surface area contributed by atoms with E-state index in [1.54, 1.807) is 0 Å². The fraction of sp³-hybridized carbons (Fsp3) is 0.400. The lowest BCUT2D eigenvalue weighted by Gasteiger charge is -2.40. The van der Waals surface area contributed by atoms with Gasteiger partial charge in [-0.15, -0.1) is 5.10 Å². The van der Waals surface area contributed by atoms with E-state index < -0.39 is 0 Å². The molecule has 1 aliphatic carbocycles. The third-order valence-corrected chi connectivity index (χ3v) is 5.54. The molecule has 1 N–H and O–H groups in total. The molecule has 0 bridgehead atoms. The first-order chi connectivity index (χ1) is 12.4. The summed E-state index contributed by atoms with van der Waals surface area (Å²) in [6.45, 7) is 0.873. The minimum atomic E-state index is 0.000825. The summed E-state index contributed by atoms with van der Waals surface area (Å²) in [5.41, 5.74) is 4.13. The topological polar surface area (TPSA) is 52.0 Å². The van der Waals surface area contributed by atoms with Gasteiger partial charge in [0, 0.05) is 6.04 Å². The number of nitrogens with zero attached hydrogens (tertiary/aromatic N) is 3. The molecule has 2 aromatic carbocycles. The fourth-order valence-electron chi connectivity index (χ4n) is 4.13. The van der Waals surface area contributed by atoms with Crippen molar-refractivity contribution in [2.45, 2.75) is 38.0 Å². The van der Waals surface area contributed by atoms with Gasteiger partial charge in [-0.05, 0) is 48.6 Å². The number of aromatic nitrogens is 3. The largest absolute Gasteiger partial charge is 0.359 e. The van der Waals surface area contributed by atoms with E-state index in [2.05, 4.69) is 39.9 Å². The number of ether oxygens (including phenoxy) is 1. The molecule has 0 unspecified atom stereocenters. The van der Waals surface area contributed by atoms with Gasteiger partial charge < -0.3 is 4.74 Å². The van der Waals surface area contributed by atoms with Crippen molar-refractivity contribution in [3.05, 3.63) is 54.1 Å². The molecule has 25 heavy (non-hydrogen) atoms. The van der Waals surface area contributed by atoms with Gasteiger partial charge in [-0.2, -0.15) is 0 Å². The van der Waals surface area contributed by atoms with Gasteiger partial charge in [0.1, 0.15) is 11.7 Å². The van der Waals surface area contributed by atoms with Gasteiger partial charge in [0.2, 0.25) is 0 Å². The Morgan fingerprint density at radius 2 is 1.84 bits per heavy atom. The Kier molecular flexibility index (Phi) is 3.76. The molecule has 1 saturated carbocycles. The van der Waals surface area contributed by atoms with Crippen molar-refractivity contribution in [1.82, 2.24) is 20.3 Å². The van der Waals surface area contributed by atoms with Gasteiger partial charge in [0.25, 0.3) is 0 Å². The Morgan fingerprint density at radius 1 is 1.00 bits per heavy atom. The van der Waals surface area contributed by atoms with Crippen LogP contribution >= 0.6 is 0 Å². The lowest BCUT2D eigenvalue weighted by molar-refractivity contribution is -0.0640. The fourth-order valence-corrected chi connectivity index (χ4v) is 4.13. The molecule has 1 aliphatic heterocycles. The predicted octanol–water partition coefficient (Wildman–Crippen LogP) is 3.60. The molecule has 2 aliphatic rings. The summed E-state index contributed by atoms with van der Waals surface area (Å²) in [6, 6.07) is 17.1. The molecular formula is C20H22N4O. The minimum absolute atomic E-state index is 0.000825. The van der Waals surface area contributed by atoms with Crippen LogP contribution in [0, 0.1) is 5.92 Å². The molecule has 0 spiro atoms. The highest BCUT2D eigenvalue weighted by Gasteiger charge is 2.32. The zero-order chi connectivity index (χ0) is 16.6. The van der Waals surface area contributed by atoms with Crippen LogP contribution in [0.15, 0.2) is 48.5 Å². The van der Waals surface area contributed by atoms with Crippen LogP contribution in [-0.2, 0) is 4.74 Å². The van der Waals surface area contributed by atoms with E-state index in [0.29, 0.717) is 12.0 Å². The van der Waals surface area contributed by atoms with Gasteiger partial charge in [0.05, 0.1) is 17.8 Å². The molecule has 0 amide bonds. The van der Waals surface area contributed by atoms with E-state index in [9.17, 15) is 0 Å². The van der Waals surface area contributed by atoms with E-state index in [1.807, 2.05) is 28.9 Å².